The van der Waals surface area contributed by atoms with Crippen LogP contribution >= 0.6 is 22.7 Å². The molecular weight excluding hydrogens is 480 g/mol. The van der Waals surface area contributed by atoms with Crippen LogP contribution < -0.4 is 16.4 Å². The number of carboxylic acids is 1. The van der Waals surface area contributed by atoms with Gasteiger partial charge in [-0.25, -0.2) is 19.7 Å². The fourth-order valence-corrected chi connectivity index (χ4v) is 4.77. The molecule has 0 aliphatic rings. The number of rotatable bonds is 9. The number of carbonyl (C=O) groups is 3. The summed E-state index contributed by atoms with van der Waals surface area (Å²) in [4.78, 5) is 49.2. The summed E-state index contributed by atoms with van der Waals surface area (Å²) in [5, 5.41) is 18.9. The Hall–Kier alpha value is -3.16. The number of thiazole rings is 2. The van der Waals surface area contributed by atoms with Gasteiger partial charge in [-0.1, -0.05) is 13.8 Å². The first kappa shape index (κ1) is 25.5. The quantitative estimate of drug-likeness (QED) is 0.340. The Bertz CT molecular complexity index is 1200. The van der Waals surface area contributed by atoms with E-state index < -0.39 is 29.9 Å². The van der Waals surface area contributed by atoms with Crippen LogP contribution in [0.2, 0.25) is 0 Å². The molecule has 13 heteroatoms. The van der Waals surface area contributed by atoms with E-state index in [9.17, 15) is 14.4 Å². The molecule has 0 unspecified atom stereocenters. The van der Waals surface area contributed by atoms with Gasteiger partial charge in [0.1, 0.15) is 27.5 Å². The number of oxazole rings is 1. The van der Waals surface area contributed by atoms with Crippen molar-refractivity contribution in [2.75, 3.05) is 0 Å². The topological polar surface area (TPSA) is 173 Å². The molecule has 0 fully saturated rings. The van der Waals surface area contributed by atoms with Crippen LogP contribution in [0.1, 0.15) is 99.0 Å². The summed E-state index contributed by atoms with van der Waals surface area (Å²) >= 11 is 2.47. The van der Waals surface area contributed by atoms with Crippen molar-refractivity contribution >= 4 is 40.5 Å². The van der Waals surface area contributed by atoms with Crippen LogP contribution in [0, 0.1) is 12.8 Å². The summed E-state index contributed by atoms with van der Waals surface area (Å²) in [6, 6.07) is -1.40. The lowest BCUT2D eigenvalue weighted by molar-refractivity contribution is 0.0690. The number of amides is 2. The molecule has 0 aliphatic heterocycles. The maximum Gasteiger partial charge on any atom is 0.355 e. The highest BCUT2D eigenvalue weighted by molar-refractivity contribution is 7.10. The molecule has 0 bridgehead atoms. The molecule has 3 aromatic rings. The lowest BCUT2D eigenvalue weighted by Gasteiger charge is -2.19. The first-order chi connectivity index (χ1) is 16.0. The molecule has 0 spiro atoms. The molecule has 3 heterocycles. The van der Waals surface area contributed by atoms with Crippen LogP contribution in [0.4, 0.5) is 0 Å². The number of hydrogen-bond donors (Lipinski definition) is 4. The number of hydrogen-bond acceptors (Lipinski definition) is 10. The lowest BCUT2D eigenvalue weighted by Crippen LogP contribution is -2.32. The molecule has 5 N–H and O–H groups in total. The zero-order chi connectivity index (χ0) is 25.2. The number of aromatic nitrogens is 3. The Morgan fingerprint density at radius 3 is 2.15 bits per heavy atom. The van der Waals surface area contributed by atoms with Crippen LogP contribution in [0.5, 0.6) is 0 Å². The number of nitrogens with one attached hydrogen (secondary N) is 2. The number of aryl methyl sites for hydroxylation is 1. The molecule has 3 aromatic heterocycles. The van der Waals surface area contributed by atoms with E-state index in [0.717, 1.165) is 11.3 Å². The van der Waals surface area contributed by atoms with E-state index >= 15 is 0 Å². The van der Waals surface area contributed by atoms with Gasteiger partial charge in [0.2, 0.25) is 5.89 Å². The summed E-state index contributed by atoms with van der Waals surface area (Å²) < 4.78 is 5.65. The second-order valence-corrected chi connectivity index (χ2v) is 9.86. The maximum absolute atomic E-state index is 13.0. The Balaban J connectivity index is 1.72. The number of nitrogens with zero attached hydrogens (tertiary/aromatic N) is 3. The van der Waals surface area contributed by atoms with Crippen molar-refractivity contribution in [1.82, 2.24) is 25.6 Å². The van der Waals surface area contributed by atoms with Crippen LogP contribution in [-0.2, 0) is 0 Å². The van der Waals surface area contributed by atoms with Crippen molar-refractivity contribution in [2.24, 2.45) is 11.7 Å². The van der Waals surface area contributed by atoms with Crippen molar-refractivity contribution in [3.8, 4) is 0 Å². The SMILES string of the molecule is Cc1oc([C@@H](C)NC(=O)c2csc([C@@H](C)N)n2)nc1C(=O)N[C@@H](c1nc(C(=O)O)cs1)C(C)C. The van der Waals surface area contributed by atoms with Gasteiger partial charge in [0, 0.05) is 10.8 Å². The second-order valence-electron chi connectivity index (χ2n) is 8.08. The van der Waals surface area contributed by atoms with Gasteiger partial charge in [0.15, 0.2) is 11.4 Å². The van der Waals surface area contributed by atoms with Gasteiger partial charge in [-0.15, -0.1) is 22.7 Å². The predicted molar refractivity (Wildman–Crippen MR) is 126 cm³/mol. The van der Waals surface area contributed by atoms with Gasteiger partial charge < -0.3 is 25.9 Å². The molecule has 0 aliphatic carbocycles. The van der Waals surface area contributed by atoms with Crippen molar-refractivity contribution in [3.05, 3.63) is 49.5 Å². The second kappa shape index (κ2) is 10.4. The van der Waals surface area contributed by atoms with E-state index in [4.69, 9.17) is 15.3 Å². The van der Waals surface area contributed by atoms with Gasteiger partial charge >= 0.3 is 5.97 Å². The maximum atomic E-state index is 13.0. The minimum Gasteiger partial charge on any atom is -0.476 e. The van der Waals surface area contributed by atoms with Gasteiger partial charge in [0.05, 0.1) is 12.1 Å². The van der Waals surface area contributed by atoms with Crippen molar-refractivity contribution in [2.45, 2.75) is 52.7 Å². The standard InChI is InChI=1S/C21H26N6O5S2/c1-8(2)14(20-25-13(7-34-20)21(30)31)26-17(29)15-11(5)32-18(27-15)10(4)23-16(28)12-6-33-19(24-12)9(3)22/h6-10,14H,22H2,1-5H3,(H,23,28)(H,26,29)(H,30,31)/t9-,10-,14-/m1/s1. The molecule has 2 amide bonds. The highest BCUT2D eigenvalue weighted by Gasteiger charge is 2.27. The summed E-state index contributed by atoms with van der Waals surface area (Å²) in [6.45, 7) is 8.85. The van der Waals surface area contributed by atoms with Crippen molar-refractivity contribution in [1.29, 1.82) is 0 Å². The van der Waals surface area contributed by atoms with E-state index in [0.29, 0.717) is 10.0 Å². The van der Waals surface area contributed by atoms with Gasteiger partial charge in [-0.2, -0.15) is 0 Å². The smallest absolute Gasteiger partial charge is 0.355 e. The molecule has 11 nitrogen and oxygen atoms in total. The van der Waals surface area contributed by atoms with Gasteiger partial charge in [-0.05, 0) is 26.7 Å². The molecule has 0 aromatic carbocycles. The normalized spacial score (nSPS) is 14.0. The van der Waals surface area contributed by atoms with E-state index in [1.165, 1.54) is 16.7 Å². The average molecular weight is 507 g/mol. The Kier molecular flexibility index (Phi) is 7.79. The van der Waals surface area contributed by atoms with Crippen molar-refractivity contribution in [3.63, 3.8) is 0 Å². The summed E-state index contributed by atoms with van der Waals surface area (Å²) in [5.41, 5.74) is 6.04. The van der Waals surface area contributed by atoms with Gasteiger partial charge in [0.25, 0.3) is 11.8 Å². The summed E-state index contributed by atoms with van der Waals surface area (Å²) in [5.74, 6) is -1.62. The van der Waals surface area contributed by atoms with E-state index in [-0.39, 0.29) is 40.7 Å². The third-order valence-electron chi connectivity index (χ3n) is 4.85. The van der Waals surface area contributed by atoms with E-state index in [1.807, 2.05) is 13.8 Å². The zero-order valence-corrected chi connectivity index (χ0v) is 20.9. The molecule has 34 heavy (non-hydrogen) atoms. The molecule has 3 atom stereocenters. The summed E-state index contributed by atoms with van der Waals surface area (Å²) in [6.07, 6.45) is 0. The number of carbonyl (C=O) groups excluding carboxylic acids is 2. The van der Waals surface area contributed by atoms with Crippen LogP contribution in [0.3, 0.4) is 0 Å². The number of carboxylic acid groups (broad SMARTS) is 1. The minimum absolute atomic E-state index is 0.0547. The van der Waals surface area contributed by atoms with E-state index in [2.05, 4.69) is 25.6 Å². The molecular formula is C21H26N6O5S2. The zero-order valence-electron chi connectivity index (χ0n) is 19.3. The molecule has 182 valence electrons. The Morgan fingerprint density at radius 1 is 0.971 bits per heavy atom. The number of aromatic carboxylic acids is 1. The van der Waals surface area contributed by atoms with Crippen LogP contribution in [-0.4, -0.2) is 37.8 Å². The van der Waals surface area contributed by atoms with Crippen LogP contribution in [0.15, 0.2) is 15.2 Å². The predicted octanol–water partition coefficient (Wildman–Crippen LogP) is 3.23. The Morgan fingerprint density at radius 2 is 1.59 bits per heavy atom. The third kappa shape index (κ3) is 5.66. The summed E-state index contributed by atoms with van der Waals surface area (Å²) in [7, 11) is 0. The monoisotopic (exact) mass is 506 g/mol. The first-order valence-electron chi connectivity index (χ1n) is 10.5. The van der Waals surface area contributed by atoms with Crippen molar-refractivity contribution < 1.29 is 23.9 Å². The lowest BCUT2D eigenvalue weighted by atomic mass is 10.0. The third-order valence-corrected chi connectivity index (χ3v) is 6.82. The minimum atomic E-state index is -1.13. The fourth-order valence-electron chi connectivity index (χ4n) is 3.00. The van der Waals surface area contributed by atoms with E-state index in [1.54, 1.807) is 26.2 Å². The molecule has 0 saturated heterocycles. The van der Waals surface area contributed by atoms with Crippen LogP contribution in [0.25, 0.3) is 0 Å². The molecule has 3 rings (SSSR count). The first-order valence-corrected chi connectivity index (χ1v) is 12.2. The average Bonchev–Trinajstić information content (AvgIpc) is 3.50. The highest BCUT2D eigenvalue weighted by Crippen LogP contribution is 2.26. The largest absolute Gasteiger partial charge is 0.476 e. The molecule has 0 radical (unpaired) electrons. The fraction of sp³-hybridized carbons (Fsp3) is 0.429. The van der Waals surface area contributed by atoms with Gasteiger partial charge in [-0.3, -0.25) is 9.59 Å². The molecule has 0 saturated carbocycles. The highest BCUT2D eigenvalue weighted by atomic mass is 32.1. The Labute approximate surface area is 203 Å². The number of nitrogens with two attached hydrogens (primary N) is 1.